The van der Waals surface area contributed by atoms with Crippen LogP contribution in [0.5, 0.6) is 0 Å². The van der Waals surface area contributed by atoms with E-state index < -0.39 is 0 Å². The van der Waals surface area contributed by atoms with Gasteiger partial charge in [-0.15, -0.1) is 0 Å². The molecule has 0 bridgehead atoms. The van der Waals surface area contributed by atoms with E-state index in [1.807, 2.05) is 0 Å². The number of nitrogens with one attached hydrogen (secondary N) is 1. The molecule has 0 saturated carbocycles. The molecular formula is C12H25NS. The summed E-state index contributed by atoms with van der Waals surface area (Å²) in [6.45, 7) is 4.62. The van der Waals surface area contributed by atoms with Gasteiger partial charge in [-0.25, -0.2) is 0 Å². The van der Waals surface area contributed by atoms with Crippen molar-refractivity contribution in [1.82, 2.24) is 5.32 Å². The van der Waals surface area contributed by atoms with Gasteiger partial charge >= 0.3 is 0 Å². The van der Waals surface area contributed by atoms with Gasteiger partial charge in [0.2, 0.25) is 0 Å². The van der Waals surface area contributed by atoms with E-state index in [0.29, 0.717) is 0 Å². The summed E-state index contributed by atoms with van der Waals surface area (Å²) >= 11 is 2.11. The SMILES string of the molecule is CCCCCC(C)NC1CCCSC1. The lowest BCUT2D eigenvalue weighted by atomic mass is 10.1. The van der Waals surface area contributed by atoms with Crippen molar-refractivity contribution in [1.29, 1.82) is 0 Å². The molecule has 0 aromatic carbocycles. The molecule has 0 aromatic rings. The van der Waals surface area contributed by atoms with Gasteiger partial charge in [0.1, 0.15) is 0 Å². The number of thioether (sulfide) groups is 1. The molecule has 1 fully saturated rings. The molecule has 1 aliphatic rings. The first-order valence-electron chi connectivity index (χ1n) is 6.16. The Balaban J connectivity index is 2.03. The predicted molar refractivity (Wildman–Crippen MR) is 67.1 cm³/mol. The molecule has 0 radical (unpaired) electrons. The van der Waals surface area contributed by atoms with E-state index in [2.05, 4.69) is 30.9 Å². The van der Waals surface area contributed by atoms with E-state index in [-0.39, 0.29) is 0 Å². The summed E-state index contributed by atoms with van der Waals surface area (Å²) < 4.78 is 0. The quantitative estimate of drug-likeness (QED) is 0.681. The zero-order valence-corrected chi connectivity index (χ0v) is 10.5. The van der Waals surface area contributed by atoms with Crippen molar-refractivity contribution in [3.63, 3.8) is 0 Å². The second-order valence-electron chi connectivity index (χ2n) is 4.48. The summed E-state index contributed by atoms with van der Waals surface area (Å²) in [5.74, 6) is 2.71. The minimum Gasteiger partial charge on any atom is -0.311 e. The average Bonchev–Trinajstić information content (AvgIpc) is 2.20. The number of unbranched alkanes of at least 4 members (excludes halogenated alkanes) is 2. The molecule has 2 unspecified atom stereocenters. The molecule has 0 aromatic heterocycles. The van der Waals surface area contributed by atoms with Crippen molar-refractivity contribution >= 4 is 11.8 Å². The minimum atomic E-state index is 0.727. The summed E-state index contributed by atoms with van der Waals surface area (Å²) in [4.78, 5) is 0. The topological polar surface area (TPSA) is 12.0 Å². The smallest absolute Gasteiger partial charge is 0.0160 e. The van der Waals surface area contributed by atoms with Crippen molar-refractivity contribution in [3.8, 4) is 0 Å². The van der Waals surface area contributed by atoms with Crippen molar-refractivity contribution in [3.05, 3.63) is 0 Å². The fourth-order valence-electron chi connectivity index (χ4n) is 2.06. The number of rotatable bonds is 6. The van der Waals surface area contributed by atoms with Crippen LogP contribution in [0.15, 0.2) is 0 Å². The molecular weight excluding hydrogens is 190 g/mol. The second-order valence-corrected chi connectivity index (χ2v) is 5.63. The van der Waals surface area contributed by atoms with Crippen molar-refractivity contribution in [2.75, 3.05) is 11.5 Å². The third kappa shape index (κ3) is 5.26. The Morgan fingerprint density at radius 2 is 2.29 bits per heavy atom. The van der Waals surface area contributed by atoms with Crippen LogP contribution in [0.1, 0.15) is 52.4 Å². The van der Waals surface area contributed by atoms with E-state index in [1.165, 1.54) is 50.0 Å². The second kappa shape index (κ2) is 7.58. The monoisotopic (exact) mass is 215 g/mol. The van der Waals surface area contributed by atoms with Crippen molar-refractivity contribution < 1.29 is 0 Å². The minimum absolute atomic E-state index is 0.727. The van der Waals surface area contributed by atoms with Gasteiger partial charge in [0.15, 0.2) is 0 Å². The molecule has 2 atom stereocenters. The van der Waals surface area contributed by atoms with Gasteiger partial charge in [0.05, 0.1) is 0 Å². The summed E-state index contributed by atoms with van der Waals surface area (Å²) in [5.41, 5.74) is 0. The third-order valence-corrected chi connectivity index (χ3v) is 4.14. The van der Waals surface area contributed by atoms with E-state index >= 15 is 0 Å². The van der Waals surface area contributed by atoms with Gasteiger partial charge in [0, 0.05) is 17.8 Å². The van der Waals surface area contributed by atoms with Crippen LogP contribution in [0.25, 0.3) is 0 Å². The van der Waals surface area contributed by atoms with Gasteiger partial charge in [0.25, 0.3) is 0 Å². The van der Waals surface area contributed by atoms with Gasteiger partial charge in [-0.05, 0) is 31.9 Å². The van der Waals surface area contributed by atoms with E-state index in [0.717, 1.165) is 12.1 Å². The molecule has 0 aliphatic carbocycles. The lowest BCUT2D eigenvalue weighted by molar-refractivity contribution is 0.415. The lowest BCUT2D eigenvalue weighted by Crippen LogP contribution is -2.39. The van der Waals surface area contributed by atoms with Crippen LogP contribution in [0, 0.1) is 0 Å². The van der Waals surface area contributed by atoms with Crippen LogP contribution in [0.2, 0.25) is 0 Å². The highest BCUT2D eigenvalue weighted by Gasteiger charge is 2.15. The molecule has 14 heavy (non-hydrogen) atoms. The van der Waals surface area contributed by atoms with E-state index in [9.17, 15) is 0 Å². The van der Waals surface area contributed by atoms with Crippen LogP contribution in [-0.4, -0.2) is 23.6 Å². The number of hydrogen-bond donors (Lipinski definition) is 1. The van der Waals surface area contributed by atoms with Crippen LogP contribution in [-0.2, 0) is 0 Å². The molecule has 84 valence electrons. The standard InChI is InChI=1S/C12H25NS/c1-3-4-5-7-11(2)13-12-8-6-9-14-10-12/h11-13H,3-10H2,1-2H3. The maximum atomic E-state index is 3.76. The average molecular weight is 215 g/mol. The predicted octanol–water partition coefficient (Wildman–Crippen LogP) is 3.44. The van der Waals surface area contributed by atoms with E-state index in [1.54, 1.807) is 0 Å². The van der Waals surface area contributed by atoms with Crippen LogP contribution >= 0.6 is 11.8 Å². The zero-order valence-electron chi connectivity index (χ0n) is 9.72. The molecule has 0 amide bonds. The molecule has 1 heterocycles. The largest absolute Gasteiger partial charge is 0.311 e. The summed E-state index contributed by atoms with van der Waals surface area (Å²) in [6, 6.07) is 1.52. The Bertz CT molecular complexity index is 132. The number of hydrogen-bond acceptors (Lipinski definition) is 2. The van der Waals surface area contributed by atoms with Gasteiger partial charge in [-0.2, -0.15) is 11.8 Å². The summed E-state index contributed by atoms with van der Waals surface area (Å²) in [5, 5.41) is 3.76. The highest BCUT2D eigenvalue weighted by Crippen LogP contribution is 2.17. The Hall–Kier alpha value is 0.310. The first-order valence-corrected chi connectivity index (χ1v) is 7.32. The highest BCUT2D eigenvalue weighted by atomic mass is 32.2. The molecule has 1 N–H and O–H groups in total. The Morgan fingerprint density at radius 3 is 2.93 bits per heavy atom. The van der Waals surface area contributed by atoms with Crippen LogP contribution < -0.4 is 5.32 Å². The van der Waals surface area contributed by atoms with Crippen LogP contribution in [0.4, 0.5) is 0 Å². The maximum Gasteiger partial charge on any atom is 0.0160 e. The van der Waals surface area contributed by atoms with Gasteiger partial charge in [-0.1, -0.05) is 26.2 Å². The Morgan fingerprint density at radius 1 is 1.43 bits per heavy atom. The lowest BCUT2D eigenvalue weighted by Gasteiger charge is -2.26. The maximum absolute atomic E-state index is 3.76. The molecule has 1 aliphatic heterocycles. The normalized spacial score (nSPS) is 24.9. The van der Waals surface area contributed by atoms with Crippen LogP contribution in [0.3, 0.4) is 0 Å². The van der Waals surface area contributed by atoms with E-state index in [4.69, 9.17) is 0 Å². The fourth-order valence-corrected chi connectivity index (χ4v) is 3.14. The Kier molecular flexibility index (Phi) is 6.70. The Labute approximate surface area is 93.4 Å². The molecule has 1 rings (SSSR count). The third-order valence-electron chi connectivity index (χ3n) is 2.92. The van der Waals surface area contributed by atoms with Gasteiger partial charge < -0.3 is 5.32 Å². The molecule has 2 heteroatoms. The summed E-state index contributed by atoms with van der Waals surface area (Å²) in [6.07, 6.45) is 8.28. The first kappa shape index (κ1) is 12.4. The zero-order chi connectivity index (χ0) is 10.2. The first-order chi connectivity index (χ1) is 6.83. The molecule has 1 nitrogen and oxygen atoms in total. The highest BCUT2D eigenvalue weighted by molar-refractivity contribution is 7.99. The molecule has 1 saturated heterocycles. The van der Waals surface area contributed by atoms with Crippen molar-refractivity contribution in [2.45, 2.75) is 64.5 Å². The molecule has 0 spiro atoms. The fraction of sp³-hybridized carbons (Fsp3) is 1.00. The van der Waals surface area contributed by atoms with Gasteiger partial charge in [-0.3, -0.25) is 0 Å². The van der Waals surface area contributed by atoms with Crippen molar-refractivity contribution in [2.24, 2.45) is 0 Å². The summed E-state index contributed by atoms with van der Waals surface area (Å²) in [7, 11) is 0.